The number of carbonyl (C=O) groups excluding carboxylic acids is 1. The van der Waals surface area contributed by atoms with E-state index >= 15 is 0 Å². The molecule has 0 saturated heterocycles. The minimum atomic E-state index is -2.65. The maximum absolute atomic E-state index is 12.8. The lowest BCUT2D eigenvalue weighted by Crippen LogP contribution is -2.35. The number of alkyl halides is 2. The van der Waals surface area contributed by atoms with Gasteiger partial charge in [-0.2, -0.15) is 8.78 Å². The summed E-state index contributed by atoms with van der Waals surface area (Å²) in [6, 6.07) is 7.91. The Hall–Kier alpha value is -1.89. The number of benzene rings is 1. The zero-order valence-corrected chi connectivity index (χ0v) is 12.8. The summed E-state index contributed by atoms with van der Waals surface area (Å²) < 4.78 is 26.4. The number of rotatable bonds is 4. The molecule has 116 valence electrons. The highest BCUT2D eigenvalue weighted by Gasteiger charge is 2.30. The van der Waals surface area contributed by atoms with Crippen LogP contribution in [-0.2, 0) is 17.8 Å². The summed E-state index contributed by atoms with van der Waals surface area (Å²) in [4.78, 5) is 19.0. The number of hydrogen-bond donors (Lipinski definition) is 0. The Labute approximate surface area is 131 Å². The van der Waals surface area contributed by atoms with Crippen LogP contribution in [0.3, 0.4) is 0 Å². The van der Waals surface area contributed by atoms with Crippen LogP contribution in [-0.4, -0.2) is 32.7 Å². The van der Waals surface area contributed by atoms with Crippen molar-refractivity contribution >= 4 is 17.7 Å². The molecule has 2 heterocycles. The Morgan fingerprint density at radius 2 is 2.27 bits per heavy atom. The van der Waals surface area contributed by atoms with E-state index < -0.39 is 6.55 Å². The van der Waals surface area contributed by atoms with Crippen molar-refractivity contribution in [2.24, 2.45) is 0 Å². The standard InChI is InChI=1S/C15H15F2N3OS/c1-19(9-13-18-6-7-20(13)15(16)17)14(21)12-8-10-4-2-3-5-11(10)22-12/h2-7,12,15H,8-9H2,1H3. The van der Waals surface area contributed by atoms with Gasteiger partial charge in [-0.05, 0) is 18.1 Å². The lowest BCUT2D eigenvalue weighted by molar-refractivity contribution is -0.130. The van der Waals surface area contributed by atoms with E-state index in [9.17, 15) is 13.6 Å². The van der Waals surface area contributed by atoms with Crippen molar-refractivity contribution in [2.75, 3.05) is 7.05 Å². The molecule has 1 aromatic heterocycles. The molecule has 0 N–H and O–H groups in total. The van der Waals surface area contributed by atoms with Crippen LogP contribution in [0.5, 0.6) is 0 Å². The van der Waals surface area contributed by atoms with E-state index in [1.807, 2.05) is 24.3 Å². The summed E-state index contributed by atoms with van der Waals surface area (Å²) in [6.45, 7) is -2.57. The third-order valence-corrected chi connectivity index (χ3v) is 4.94. The number of amides is 1. The van der Waals surface area contributed by atoms with Crippen molar-refractivity contribution in [1.29, 1.82) is 0 Å². The Kier molecular flexibility index (Phi) is 4.15. The summed E-state index contributed by atoms with van der Waals surface area (Å²) in [5.41, 5.74) is 1.16. The van der Waals surface area contributed by atoms with E-state index in [4.69, 9.17) is 0 Å². The average Bonchev–Trinajstić information content (AvgIpc) is 3.12. The first-order valence-electron chi connectivity index (χ1n) is 6.85. The van der Waals surface area contributed by atoms with Gasteiger partial charge in [0.05, 0.1) is 11.8 Å². The van der Waals surface area contributed by atoms with Gasteiger partial charge in [-0.1, -0.05) is 18.2 Å². The van der Waals surface area contributed by atoms with Crippen molar-refractivity contribution in [1.82, 2.24) is 14.5 Å². The third-order valence-electron chi connectivity index (χ3n) is 3.64. The highest BCUT2D eigenvalue weighted by molar-refractivity contribution is 8.01. The van der Waals surface area contributed by atoms with E-state index in [1.54, 1.807) is 7.05 Å². The molecule has 1 amide bonds. The fourth-order valence-corrected chi connectivity index (χ4v) is 3.81. The summed E-state index contributed by atoms with van der Waals surface area (Å²) in [7, 11) is 1.62. The van der Waals surface area contributed by atoms with Crippen LogP contribution >= 0.6 is 11.8 Å². The van der Waals surface area contributed by atoms with Gasteiger partial charge in [-0.15, -0.1) is 11.8 Å². The Morgan fingerprint density at radius 3 is 3.00 bits per heavy atom. The van der Waals surface area contributed by atoms with E-state index in [0.29, 0.717) is 6.42 Å². The summed E-state index contributed by atoms with van der Waals surface area (Å²) in [5.74, 6) is 0.122. The predicted octanol–water partition coefficient (Wildman–Crippen LogP) is 2.95. The molecule has 0 radical (unpaired) electrons. The number of aromatic nitrogens is 2. The number of carbonyl (C=O) groups is 1. The van der Waals surface area contributed by atoms with Crippen LogP contribution in [0.15, 0.2) is 41.6 Å². The van der Waals surface area contributed by atoms with Crippen LogP contribution in [0.2, 0.25) is 0 Å². The molecule has 1 aliphatic heterocycles. The van der Waals surface area contributed by atoms with Gasteiger partial charge in [-0.3, -0.25) is 9.36 Å². The maximum atomic E-state index is 12.8. The van der Waals surface area contributed by atoms with Crippen molar-refractivity contribution in [2.45, 2.75) is 29.7 Å². The minimum absolute atomic E-state index is 0.0648. The fourth-order valence-electron chi connectivity index (χ4n) is 2.50. The lowest BCUT2D eigenvalue weighted by atomic mass is 10.1. The molecular weight excluding hydrogens is 308 g/mol. The van der Waals surface area contributed by atoms with Gasteiger partial charge in [-0.25, -0.2) is 4.98 Å². The molecule has 0 saturated carbocycles. The molecule has 0 aliphatic carbocycles. The zero-order valence-electron chi connectivity index (χ0n) is 11.9. The molecule has 22 heavy (non-hydrogen) atoms. The SMILES string of the molecule is CN(Cc1nccn1C(F)F)C(=O)C1Cc2ccccc2S1. The van der Waals surface area contributed by atoms with Crippen molar-refractivity contribution in [3.8, 4) is 0 Å². The molecule has 1 aromatic carbocycles. The molecule has 2 aromatic rings. The van der Waals surface area contributed by atoms with Gasteiger partial charge < -0.3 is 4.90 Å². The largest absolute Gasteiger partial charge is 0.337 e. The quantitative estimate of drug-likeness (QED) is 0.868. The van der Waals surface area contributed by atoms with Gasteiger partial charge in [0.2, 0.25) is 5.91 Å². The normalized spacial score (nSPS) is 16.8. The molecule has 7 heteroatoms. The molecule has 0 bridgehead atoms. The molecular formula is C15H15F2N3OS. The first kappa shape index (κ1) is 15.0. The van der Waals surface area contributed by atoms with Crippen LogP contribution in [0.25, 0.3) is 0 Å². The van der Waals surface area contributed by atoms with Gasteiger partial charge >= 0.3 is 6.55 Å². The Balaban J connectivity index is 1.67. The Morgan fingerprint density at radius 1 is 1.50 bits per heavy atom. The van der Waals surface area contributed by atoms with Gasteiger partial charge in [0.25, 0.3) is 0 Å². The molecule has 0 fully saturated rings. The van der Waals surface area contributed by atoms with E-state index in [2.05, 4.69) is 4.98 Å². The fraction of sp³-hybridized carbons (Fsp3) is 0.333. The lowest BCUT2D eigenvalue weighted by Gasteiger charge is -2.20. The van der Waals surface area contributed by atoms with E-state index in [0.717, 1.165) is 15.0 Å². The van der Waals surface area contributed by atoms with Gasteiger partial charge in [0.1, 0.15) is 5.82 Å². The molecule has 3 rings (SSSR count). The molecule has 1 unspecified atom stereocenters. The summed E-state index contributed by atoms with van der Waals surface area (Å²) >= 11 is 1.53. The number of hydrogen-bond acceptors (Lipinski definition) is 3. The first-order valence-corrected chi connectivity index (χ1v) is 7.73. The van der Waals surface area contributed by atoms with E-state index in [-0.39, 0.29) is 23.5 Å². The zero-order chi connectivity index (χ0) is 15.7. The predicted molar refractivity (Wildman–Crippen MR) is 79.7 cm³/mol. The number of imidazole rings is 1. The van der Waals surface area contributed by atoms with Crippen molar-refractivity contribution in [3.63, 3.8) is 0 Å². The number of fused-ring (bicyclic) bond motifs is 1. The number of nitrogens with zero attached hydrogens (tertiary/aromatic N) is 3. The van der Waals surface area contributed by atoms with Gasteiger partial charge in [0, 0.05) is 24.3 Å². The third kappa shape index (κ3) is 2.85. The maximum Gasteiger partial charge on any atom is 0.319 e. The topological polar surface area (TPSA) is 38.1 Å². The van der Waals surface area contributed by atoms with E-state index in [1.165, 1.54) is 29.1 Å². The van der Waals surface area contributed by atoms with Crippen LogP contribution < -0.4 is 0 Å². The first-order chi connectivity index (χ1) is 10.6. The summed E-state index contributed by atoms with van der Waals surface area (Å²) in [6.07, 6.45) is 3.21. The van der Waals surface area contributed by atoms with Crippen LogP contribution in [0, 0.1) is 0 Å². The van der Waals surface area contributed by atoms with Crippen molar-refractivity contribution < 1.29 is 13.6 Å². The summed E-state index contributed by atoms with van der Waals surface area (Å²) in [5, 5.41) is -0.197. The molecule has 0 spiro atoms. The average molecular weight is 323 g/mol. The second-order valence-corrected chi connectivity index (χ2v) is 6.39. The van der Waals surface area contributed by atoms with Gasteiger partial charge in [0.15, 0.2) is 0 Å². The smallest absolute Gasteiger partial charge is 0.319 e. The highest BCUT2D eigenvalue weighted by atomic mass is 32.2. The molecule has 4 nitrogen and oxygen atoms in total. The van der Waals surface area contributed by atoms with Crippen molar-refractivity contribution in [3.05, 3.63) is 48.0 Å². The molecule has 1 aliphatic rings. The minimum Gasteiger partial charge on any atom is -0.337 e. The highest BCUT2D eigenvalue weighted by Crippen LogP contribution is 2.37. The number of halogens is 2. The second-order valence-electron chi connectivity index (χ2n) is 5.14. The number of thioether (sulfide) groups is 1. The molecule has 1 atom stereocenters. The van der Waals surface area contributed by atoms with Crippen LogP contribution in [0.4, 0.5) is 8.78 Å². The van der Waals surface area contributed by atoms with Crippen LogP contribution in [0.1, 0.15) is 17.9 Å². The monoisotopic (exact) mass is 323 g/mol. The second kappa shape index (κ2) is 6.08. The Bertz CT molecular complexity index is 664.